The number of ether oxygens (including phenoxy) is 3. The van der Waals surface area contributed by atoms with Crippen molar-refractivity contribution in [2.24, 2.45) is 0 Å². The number of hydrogen-bond acceptors (Lipinski definition) is 8. The SMILES string of the molecule is COc1cc(C(=O)C(=O)N(C)C(Cc2ccccc2)C(=O)N(Cc2ccccc2)C(CCCc2ccncc2)CCCc2ccncc2)cc(OC)c1OC. The minimum atomic E-state index is -0.979. The number of nitrogens with zero attached hydrogens (tertiary/aromatic N) is 4. The fraction of sp³-hybridized carbons (Fsp3) is 0.311. The van der Waals surface area contributed by atoms with Crippen molar-refractivity contribution in [2.75, 3.05) is 28.4 Å². The van der Waals surface area contributed by atoms with E-state index in [0.717, 1.165) is 49.7 Å². The average Bonchev–Trinajstić information content (AvgIpc) is 3.24. The van der Waals surface area contributed by atoms with Gasteiger partial charge in [0.1, 0.15) is 6.04 Å². The number of rotatable bonds is 20. The van der Waals surface area contributed by atoms with E-state index in [4.69, 9.17) is 14.2 Å². The summed E-state index contributed by atoms with van der Waals surface area (Å²) in [5, 5.41) is 0. The number of likely N-dealkylation sites (N-methyl/N-ethyl adjacent to an activating group) is 1. The largest absolute Gasteiger partial charge is 0.493 e. The van der Waals surface area contributed by atoms with Crippen LogP contribution in [0.3, 0.4) is 0 Å². The van der Waals surface area contributed by atoms with E-state index in [1.54, 1.807) is 24.8 Å². The second kappa shape index (κ2) is 20.4. The maximum Gasteiger partial charge on any atom is 0.295 e. The number of aromatic nitrogens is 2. The maximum absolute atomic E-state index is 15.3. The van der Waals surface area contributed by atoms with Gasteiger partial charge in [0.05, 0.1) is 21.3 Å². The Morgan fingerprint density at radius 3 is 1.60 bits per heavy atom. The van der Waals surface area contributed by atoms with E-state index in [2.05, 4.69) is 9.97 Å². The van der Waals surface area contributed by atoms with Gasteiger partial charge in [0.2, 0.25) is 11.7 Å². The third kappa shape index (κ3) is 11.0. The molecule has 0 fully saturated rings. The first-order valence-corrected chi connectivity index (χ1v) is 18.6. The zero-order valence-electron chi connectivity index (χ0n) is 32.1. The Bertz CT molecular complexity index is 1890. The van der Waals surface area contributed by atoms with Gasteiger partial charge in [-0.2, -0.15) is 0 Å². The third-order valence-electron chi connectivity index (χ3n) is 9.89. The van der Waals surface area contributed by atoms with Crippen LogP contribution < -0.4 is 14.2 Å². The van der Waals surface area contributed by atoms with Crippen molar-refractivity contribution in [1.29, 1.82) is 0 Å². The molecule has 3 aromatic carbocycles. The van der Waals surface area contributed by atoms with Crippen molar-refractivity contribution in [3.8, 4) is 17.2 Å². The van der Waals surface area contributed by atoms with Crippen LogP contribution in [-0.4, -0.2) is 77.8 Å². The van der Waals surface area contributed by atoms with Gasteiger partial charge >= 0.3 is 0 Å². The van der Waals surface area contributed by atoms with Crippen molar-refractivity contribution in [3.63, 3.8) is 0 Å². The molecular formula is C45H50N4O6. The summed E-state index contributed by atoms with van der Waals surface area (Å²) in [7, 11) is 5.89. The van der Waals surface area contributed by atoms with Crippen LogP contribution >= 0.6 is 0 Å². The molecular weight excluding hydrogens is 693 g/mol. The number of carbonyl (C=O) groups is 3. The predicted molar refractivity (Wildman–Crippen MR) is 212 cm³/mol. The van der Waals surface area contributed by atoms with Crippen LogP contribution in [0.25, 0.3) is 0 Å². The van der Waals surface area contributed by atoms with E-state index in [1.807, 2.05) is 89.8 Å². The molecule has 0 saturated carbocycles. The maximum atomic E-state index is 15.3. The Labute approximate surface area is 324 Å². The normalized spacial score (nSPS) is 11.4. The average molecular weight is 743 g/mol. The lowest BCUT2D eigenvalue weighted by Gasteiger charge is -2.38. The fourth-order valence-electron chi connectivity index (χ4n) is 6.86. The van der Waals surface area contributed by atoms with Crippen LogP contribution in [0.1, 0.15) is 58.3 Å². The van der Waals surface area contributed by atoms with Crippen LogP contribution in [0.4, 0.5) is 0 Å². The number of amides is 2. The monoisotopic (exact) mass is 742 g/mol. The van der Waals surface area contributed by atoms with Crippen LogP contribution in [0.2, 0.25) is 0 Å². The fourth-order valence-corrected chi connectivity index (χ4v) is 6.86. The standard InChI is InChI=1S/C45H50N4O6/c1-48(45(52)42(50)37-30-40(53-2)43(55-4)41(31-37)54-3)39(29-35-13-7-5-8-14-35)44(51)49(32-36-15-9-6-10-16-36)38(19-11-17-33-21-25-46-26-22-33)20-12-18-34-23-27-47-28-24-34/h5-10,13-16,21-28,30-31,38-39H,11-12,17-20,29,32H2,1-4H3. The lowest BCUT2D eigenvalue weighted by molar-refractivity contribution is -0.145. The summed E-state index contributed by atoms with van der Waals surface area (Å²) in [4.78, 5) is 55.1. The Hall–Kier alpha value is -6.03. The van der Waals surface area contributed by atoms with Gasteiger partial charge in [0.25, 0.3) is 11.7 Å². The van der Waals surface area contributed by atoms with Crippen LogP contribution in [0, 0.1) is 0 Å². The lowest BCUT2D eigenvalue weighted by Crippen LogP contribution is -2.54. The van der Waals surface area contributed by atoms with Gasteiger partial charge in [-0.25, -0.2) is 0 Å². The van der Waals surface area contributed by atoms with Crippen LogP contribution in [-0.2, 0) is 35.4 Å². The molecule has 0 aliphatic rings. The molecule has 2 heterocycles. The van der Waals surface area contributed by atoms with Crippen molar-refractivity contribution < 1.29 is 28.6 Å². The Morgan fingerprint density at radius 1 is 0.636 bits per heavy atom. The molecule has 0 N–H and O–H groups in total. The highest BCUT2D eigenvalue weighted by Gasteiger charge is 2.37. The number of Topliss-reactive ketones (excluding diaryl/α,β-unsaturated/α-hetero) is 1. The Kier molecular flexibility index (Phi) is 14.9. The predicted octanol–water partition coefficient (Wildman–Crippen LogP) is 7.20. The molecule has 2 amide bonds. The number of carbonyl (C=O) groups excluding carboxylic acids is 3. The Morgan fingerprint density at radius 2 is 1.13 bits per heavy atom. The minimum absolute atomic E-state index is 0.0588. The molecule has 5 rings (SSSR count). The minimum Gasteiger partial charge on any atom is -0.493 e. The molecule has 0 aliphatic carbocycles. The quantitative estimate of drug-likeness (QED) is 0.0609. The van der Waals surface area contributed by atoms with Crippen LogP contribution in [0.5, 0.6) is 17.2 Å². The molecule has 0 aliphatic heterocycles. The van der Waals surface area contributed by atoms with E-state index < -0.39 is 17.7 Å². The summed E-state index contributed by atoms with van der Waals surface area (Å²) in [5.41, 5.74) is 4.27. The van der Waals surface area contributed by atoms with E-state index in [9.17, 15) is 9.59 Å². The topological polar surface area (TPSA) is 111 Å². The van der Waals surface area contributed by atoms with E-state index in [0.29, 0.717) is 12.3 Å². The summed E-state index contributed by atoms with van der Waals surface area (Å²) in [6.07, 6.45) is 12.3. The molecule has 5 aromatic rings. The zero-order valence-corrected chi connectivity index (χ0v) is 32.1. The first kappa shape index (κ1) is 40.2. The van der Waals surface area contributed by atoms with Crippen molar-refractivity contribution in [3.05, 3.63) is 150 Å². The molecule has 0 saturated heterocycles. The first-order chi connectivity index (χ1) is 26.8. The molecule has 10 nitrogen and oxygen atoms in total. The number of hydrogen-bond donors (Lipinski definition) is 0. The van der Waals surface area contributed by atoms with Gasteiger partial charge in [0, 0.05) is 56.4 Å². The molecule has 0 radical (unpaired) electrons. The van der Waals surface area contributed by atoms with Crippen molar-refractivity contribution in [1.82, 2.24) is 19.8 Å². The number of pyridine rings is 2. The number of methoxy groups -OCH3 is 3. The van der Waals surface area contributed by atoms with Crippen molar-refractivity contribution in [2.45, 2.75) is 63.6 Å². The number of ketones is 1. The van der Waals surface area contributed by atoms with Crippen LogP contribution in [0.15, 0.2) is 122 Å². The molecule has 0 spiro atoms. The molecule has 10 heteroatoms. The van der Waals surface area contributed by atoms with Crippen molar-refractivity contribution >= 4 is 17.6 Å². The van der Waals surface area contributed by atoms with Gasteiger partial charge in [-0.1, -0.05) is 60.7 Å². The number of aryl methyl sites for hydroxylation is 2. The highest BCUT2D eigenvalue weighted by Crippen LogP contribution is 2.38. The van der Waals surface area contributed by atoms with E-state index in [1.165, 1.54) is 56.5 Å². The molecule has 1 unspecified atom stereocenters. The number of benzene rings is 3. The zero-order chi connectivity index (χ0) is 39.0. The van der Waals surface area contributed by atoms with Gasteiger partial charge < -0.3 is 24.0 Å². The summed E-state index contributed by atoms with van der Waals surface area (Å²) in [6, 6.07) is 29.4. The molecule has 55 heavy (non-hydrogen) atoms. The molecule has 2 aromatic heterocycles. The summed E-state index contributed by atoms with van der Waals surface area (Å²) in [5.74, 6) is -1.06. The van der Waals surface area contributed by atoms with E-state index in [-0.39, 0.29) is 35.4 Å². The first-order valence-electron chi connectivity index (χ1n) is 18.6. The van der Waals surface area contributed by atoms with Gasteiger partial charge in [-0.15, -0.1) is 0 Å². The smallest absolute Gasteiger partial charge is 0.295 e. The summed E-state index contributed by atoms with van der Waals surface area (Å²) in [6.45, 7) is 0.350. The lowest BCUT2D eigenvalue weighted by atomic mass is 9.95. The second-order valence-corrected chi connectivity index (χ2v) is 13.5. The second-order valence-electron chi connectivity index (χ2n) is 13.5. The highest BCUT2D eigenvalue weighted by molar-refractivity contribution is 6.43. The Balaban J connectivity index is 1.50. The highest BCUT2D eigenvalue weighted by atomic mass is 16.5. The van der Waals surface area contributed by atoms with E-state index >= 15 is 4.79 Å². The molecule has 1 atom stereocenters. The summed E-state index contributed by atoms with van der Waals surface area (Å²) < 4.78 is 16.3. The molecule has 0 bridgehead atoms. The summed E-state index contributed by atoms with van der Waals surface area (Å²) >= 11 is 0. The van der Waals surface area contributed by atoms with Gasteiger partial charge in [-0.05, 0) is 97.2 Å². The molecule has 286 valence electrons. The third-order valence-corrected chi connectivity index (χ3v) is 9.89. The van der Waals surface area contributed by atoms with Gasteiger partial charge in [0.15, 0.2) is 11.5 Å². The van der Waals surface area contributed by atoms with Gasteiger partial charge in [-0.3, -0.25) is 24.4 Å².